The van der Waals surface area contributed by atoms with Crippen LogP contribution < -0.4 is 0 Å². The quantitative estimate of drug-likeness (QED) is 0.548. The van der Waals surface area contributed by atoms with Crippen LogP contribution in [0, 0.1) is 17.2 Å². The van der Waals surface area contributed by atoms with E-state index < -0.39 is 10.8 Å². The van der Waals surface area contributed by atoms with E-state index in [4.69, 9.17) is 5.26 Å². The highest BCUT2D eigenvalue weighted by molar-refractivity contribution is 7.84. The van der Waals surface area contributed by atoms with Gasteiger partial charge in [0.15, 0.2) is 0 Å². The van der Waals surface area contributed by atoms with Crippen molar-refractivity contribution in [2.75, 3.05) is 12.0 Å². The molecule has 0 aromatic heterocycles. The maximum Gasteiger partial charge on any atom is 0.0662 e. The van der Waals surface area contributed by atoms with E-state index in [0.717, 1.165) is 0 Å². The first-order valence-electron chi connectivity index (χ1n) is 2.36. The standard InChI is InChI=1S/C5H9NOS/c1-5(3-6)4-8(2)7/h5H,4H2,1-2H3. The average Bonchev–Trinajstić information content (AvgIpc) is 1.65. The molecule has 8 heavy (non-hydrogen) atoms. The van der Waals surface area contributed by atoms with Gasteiger partial charge in [0.1, 0.15) is 0 Å². The summed E-state index contributed by atoms with van der Waals surface area (Å²) in [6, 6.07) is 2.00. The maximum absolute atomic E-state index is 10.4. The molecule has 3 heteroatoms. The molecule has 0 amide bonds. The summed E-state index contributed by atoms with van der Waals surface area (Å²) in [5, 5.41) is 8.20. The molecular formula is C5H9NOS. The molecule has 0 saturated heterocycles. The Balaban J connectivity index is 3.43. The summed E-state index contributed by atoms with van der Waals surface area (Å²) >= 11 is 0. The predicted molar refractivity (Wildman–Crippen MR) is 33.7 cm³/mol. The fourth-order valence-corrected chi connectivity index (χ4v) is 1.17. The van der Waals surface area contributed by atoms with Crippen molar-refractivity contribution in [1.82, 2.24) is 0 Å². The van der Waals surface area contributed by atoms with Gasteiger partial charge in [-0.05, 0) is 6.92 Å². The van der Waals surface area contributed by atoms with Crippen molar-refractivity contribution in [2.45, 2.75) is 6.92 Å². The van der Waals surface area contributed by atoms with Crippen LogP contribution in [0.2, 0.25) is 0 Å². The minimum Gasteiger partial charge on any atom is -0.260 e. The Labute approximate surface area is 52.0 Å². The van der Waals surface area contributed by atoms with Gasteiger partial charge in [-0.1, -0.05) is 0 Å². The van der Waals surface area contributed by atoms with Crippen molar-refractivity contribution in [3.05, 3.63) is 0 Å². The molecule has 0 aliphatic rings. The van der Waals surface area contributed by atoms with E-state index in [1.54, 1.807) is 13.2 Å². The lowest BCUT2D eigenvalue weighted by molar-refractivity contribution is 0.680. The van der Waals surface area contributed by atoms with E-state index in [1.165, 1.54) is 0 Å². The van der Waals surface area contributed by atoms with Crippen LogP contribution in [0.3, 0.4) is 0 Å². The molecule has 0 aromatic rings. The van der Waals surface area contributed by atoms with Crippen molar-refractivity contribution >= 4 is 10.8 Å². The van der Waals surface area contributed by atoms with Crippen LogP contribution in [0.1, 0.15) is 6.92 Å². The van der Waals surface area contributed by atoms with Crippen molar-refractivity contribution in [3.63, 3.8) is 0 Å². The Morgan fingerprint density at radius 2 is 2.38 bits per heavy atom. The molecule has 0 fully saturated rings. The number of rotatable bonds is 2. The van der Waals surface area contributed by atoms with Gasteiger partial charge in [-0.2, -0.15) is 5.26 Å². The highest BCUT2D eigenvalue weighted by Gasteiger charge is 1.99. The molecule has 0 spiro atoms. The molecule has 0 aromatic carbocycles. The monoisotopic (exact) mass is 131 g/mol. The zero-order valence-corrected chi connectivity index (χ0v) is 5.86. The average molecular weight is 131 g/mol. The topological polar surface area (TPSA) is 40.9 Å². The highest BCUT2D eigenvalue weighted by Crippen LogP contribution is 1.92. The second-order valence-corrected chi connectivity index (χ2v) is 3.25. The minimum atomic E-state index is -0.818. The maximum atomic E-state index is 10.4. The third-order valence-corrected chi connectivity index (χ3v) is 1.67. The number of nitrogens with zero attached hydrogens (tertiary/aromatic N) is 1. The molecule has 0 saturated carbocycles. The first-order valence-corrected chi connectivity index (χ1v) is 4.09. The Bertz CT molecular complexity index is 127. The van der Waals surface area contributed by atoms with Crippen molar-refractivity contribution in [2.24, 2.45) is 5.92 Å². The van der Waals surface area contributed by atoms with Crippen LogP contribution in [0.5, 0.6) is 0 Å². The summed E-state index contributed by atoms with van der Waals surface area (Å²) in [5.74, 6) is 0.428. The zero-order chi connectivity index (χ0) is 6.57. The van der Waals surface area contributed by atoms with Gasteiger partial charge in [0.25, 0.3) is 0 Å². The Morgan fingerprint density at radius 3 is 2.50 bits per heavy atom. The first-order chi connectivity index (χ1) is 3.66. The van der Waals surface area contributed by atoms with E-state index in [-0.39, 0.29) is 5.92 Å². The van der Waals surface area contributed by atoms with Gasteiger partial charge in [-0.3, -0.25) is 4.21 Å². The predicted octanol–water partition coefficient (Wildman–Crippen LogP) is 0.525. The summed E-state index contributed by atoms with van der Waals surface area (Å²) in [4.78, 5) is 0. The summed E-state index contributed by atoms with van der Waals surface area (Å²) < 4.78 is 10.4. The Morgan fingerprint density at radius 1 is 1.88 bits per heavy atom. The smallest absolute Gasteiger partial charge is 0.0662 e. The minimum absolute atomic E-state index is 0.0687. The molecule has 0 radical (unpaired) electrons. The summed E-state index contributed by atoms with van der Waals surface area (Å²) in [5.41, 5.74) is 0. The van der Waals surface area contributed by atoms with Crippen molar-refractivity contribution in [3.8, 4) is 6.07 Å². The summed E-state index contributed by atoms with van der Waals surface area (Å²) in [6.45, 7) is 1.77. The summed E-state index contributed by atoms with van der Waals surface area (Å²) in [7, 11) is -0.818. The van der Waals surface area contributed by atoms with E-state index in [9.17, 15) is 4.21 Å². The Hall–Kier alpha value is -0.360. The van der Waals surface area contributed by atoms with Crippen LogP contribution in [0.25, 0.3) is 0 Å². The number of hydrogen-bond acceptors (Lipinski definition) is 2. The SMILES string of the molecule is CC(C#N)CS(C)=O. The molecule has 0 aliphatic carbocycles. The molecule has 2 unspecified atom stereocenters. The van der Waals surface area contributed by atoms with Crippen molar-refractivity contribution in [1.29, 1.82) is 5.26 Å². The van der Waals surface area contributed by atoms with Gasteiger partial charge in [0.05, 0.1) is 12.0 Å². The van der Waals surface area contributed by atoms with E-state index in [2.05, 4.69) is 0 Å². The normalized spacial score (nSPS) is 16.6. The van der Waals surface area contributed by atoms with Crippen LogP contribution in [0.15, 0.2) is 0 Å². The highest BCUT2D eigenvalue weighted by atomic mass is 32.2. The van der Waals surface area contributed by atoms with E-state index >= 15 is 0 Å². The molecule has 2 atom stereocenters. The number of hydrogen-bond donors (Lipinski definition) is 0. The van der Waals surface area contributed by atoms with Gasteiger partial charge in [-0.25, -0.2) is 0 Å². The molecule has 0 heterocycles. The lowest BCUT2D eigenvalue weighted by Gasteiger charge is -1.93. The molecule has 0 N–H and O–H groups in total. The Kier molecular flexibility index (Phi) is 3.46. The molecule has 0 bridgehead atoms. The fraction of sp³-hybridized carbons (Fsp3) is 0.800. The first kappa shape index (κ1) is 7.64. The van der Waals surface area contributed by atoms with E-state index in [1.807, 2.05) is 6.07 Å². The largest absolute Gasteiger partial charge is 0.260 e. The molecular weight excluding hydrogens is 122 g/mol. The van der Waals surface area contributed by atoms with Crippen LogP contribution in [-0.4, -0.2) is 16.2 Å². The second kappa shape index (κ2) is 3.62. The van der Waals surface area contributed by atoms with Gasteiger partial charge < -0.3 is 0 Å². The number of nitriles is 1. The van der Waals surface area contributed by atoms with Crippen molar-refractivity contribution < 1.29 is 4.21 Å². The van der Waals surface area contributed by atoms with Gasteiger partial charge in [-0.15, -0.1) is 0 Å². The molecule has 0 rings (SSSR count). The van der Waals surface area contributed by atoms with Gasteiger partial charge in [0, 0.05) is 22.8 Å². The van der Waals surface area contributed by atoms with Crippen LogP contribution in [0.4, 0.5) is 0 Å². The zero-order valence-electron chi connectivity index (χ0n) is 5.05. The van der Waals surface area contributed by atoms with Crippen LogP contribution >= 0.6 is 0 Å². The third kappa shape index (κ3) is 3.82. The molecule has 2 nitrogen and oxygen atoms in total. The third-order valence-electron chi connectivity index (χ3n) is 0.705. The summed E-state index contributed by atoms with van der Waals surface area (Å²) in [6.07, 6.45) is 1.60. The molecule has 46 valence electrons. The van der Waals surface area contributed by atoms with Gasteiger partial charge in [0.2, 0.25) is 0 Å². The lowest BCUT2D eigenvalue weighted by atomic mass is 10.3. The molecule has 0 aliphatic heterocycles. The van der Waals surface area contributed by atoms with Crippen LogP contribution in [-0.2, 0) is 10.8 Å². The lowest BCUT2D eigenvalue weighted by Crippen LogP contribution is -2.02. The van der Waals surface area contributed by atoms with E-state index in [0.29, 0.717) is 5.75 Å². The fourth-order valence-electron chi connectivity index (χ4n) is 0.389. The second-order valence-electron chi connectivity index (χ2n) is 1.77. The van der Waals surface area contributed by atoms with Gasteiger partial charge >= 0.3 is 0 Å².